The molecular formula is C20H16ClN3O2S. The molecule has 0 fully saturated rings. The van der Waals surface area contributed by atoms with Gasteiger partial charge in [-0.25, -0.2) is 0 Å². The number of thiazole rings is 1. The first-order chi connectivity index (χ1) is 13.2. The van der Waals surface area contributed by atoms with E-state index in [1.54, 1.807) is 12.1 Å². The van der Waals surface area contributed by atoms with Gasteiger partial charge < -0.3 is 4.74 Å². The zero-order valence-electron chi connectivity index (χ0n) is 14.6. The average Bonchev–Trinajstić information content (AvgIpc) is 3.22. The van der Waals surface area contributed by atoms with Crippen LogP contribution in [0.25, 0.3) is 22.4 Å². The normalized spacial score (nSPS) is 12.0. The first kappa shape index (κ1) is 17.7. The summed E-state index contributed by atoms with van der Waals surface area (Å²) in [6.07, 6.45) is 2.73. The van der Waals surface area contributed by atoms with E-state index in [0.717, 1.165) is 23.3 Å². The summed E-state index contributed by atoms with van der Waals surface area (Å²) in [4.78, 5) is 17.7. The van der Waals surface area contributed by atoms with Crippen LogP contribution in [0.1, 0.15) is 18.9 Å². The van der Waals surface area contributed by atoms with Gasteiger partial charge in [0.1, 0.15) is 5.75 Å². The van der Waals surface area contributed by atoms with Crippen LogP contribution in [0.3, 0.4) is 0 Å². The van der Waals surface area contributed by atoms with Crippen LogP contribution >= 0.6 is 22.9 Å². The highest BCUT2D eigenvalue weighted by Crippen LogP contribution is 2.21. The molecule has 0 aliphatic rings. The molecule has 0 saturated heterocycles. The molecule has 2 aromatic heterocycles. The van der Waals surface area contributed by atoms with E-state index in [9.17, 15) is 4.79 Å². The van der Waals surface area contributed by atoms with Crippen molar-refractivity contribution in [2.75, 3.05) is 6.61 Å². The third-order valence-electron chi connectivity index (χ3n) is 3.96. The molecule has 0 radical (unpaired) electrons. The van der Waals surface area contributed by atoms with Crippen molar-refractivity contribution in [3.8, 4) is 17.1 Å². The molecule has 0 saturated carbocycles. The van der Waals surface area contributed by atoms with Crippen LogP contribution in [0.4, 0.5) is 0 Å². The van der Waals surface area contributed by atoms with E-state index in [4.69, 9.17) is 16.3 Å². The molecule has 0 aliphatic heterocycles. The average molecular weight is 398 g/mol. The molecule has 0 amide bonds. The van der Waals surface area contributed by atoms with E-state index >= 15 is 0 Å². The number of aromatic nitrogens is 3. The molecule has 7 heteroatoms. The van der Waals surface area contributed by atoms with Gasteiger partial charge in [0.25, 0.3) is 5.56 Å². The summed E-state index contributed by atoms with van der Waals surface area (Å²) in [7, 11) is 0. The van der Waals surface area contributed by atoms with Gasteiger partial charge in [-0.15, -0.1) is 5.10 Å². The molecule has 0 atom stereocenters. The number of hydrogen-bond donors (Lipinski definition) is 0. The molecule has 4 rings (SSSR count). The fourth-order valence-corrected chi connectivity index (χ4v) is 3.70. The molecule has 4 aromatic rings. The Morgan fingerprint density at radius 1 is 1.19 bits per heavy atom. The molecule has 27 heavy (non-hydrogen) atoms. The van der Waals surface area contributed by atoms with Crippen molar-refractivity contribution in [1.29, 1.82) is 0 Å². The zero-order chi connectivity index (χ0) is 18.8. The van der Waals surface area contributed by atoms with E-state index in [-0.39, 0.29) is 5.56 Å². The minimum Gasteiger partial charge on any atom is -0.494 e. The molecule has 0 N–H and O–H groups in total. The fraction of sp³-hybridized carbons (Fsp3) is 0.150. The molecule has 2 aromatic carbocycles. The van der Waals surface area contributed by atoms with Crippen molar-refractivity contribution in [1.82, 2.24) is 14.6 Å². The summed E-state index contributed by atoms with van der Waals surface area (Å²) in [5.74, 6) is 1.33. The highest BCUT2D eigenvalue weighted by atomic mass is 35.5. The van der Waals surface area contributed by atoms with Gasteiger partial charge in [0, 0.05) is 10.6 Å². The van der Waals surface area contributed by atoms with E-state index in [1.807, 2.05) is 42.5 Å². The van der Waals surface area contributed by atoms with Crippen molar-refractivity contribution >= 4 is 34.0 Å². The van der Waals surface area contributed by atoms with Crippen LogP contribution in [-0.4, -0.2) is 21.2 Å². The van der Waals surface area contributed by atoms with Crippen LogP contribution in [0.5, 0.6) is 5.75 Å². The molecule has 5 nitrogen and oxygen atoms in total. The Labute approximate surface area is 164 Å². The van der Waals surface area contributed by atoms with Crippen LogP contribution in [0, 0.1) is 0 Å². The Balaban J connectivity index is 1.69. The lowest BCUT2D eigenvalue weighted by Crippen LogP contribution is -2.23. The summed E-state index contributed by atoms with van der Waals surface area (Å²) in [5.41, 5.74) is 1.44. The van der Waals surface area contributed by atoms with E-state index in [0.29, 0.717) is 26.9 Å². The maximum Gasteiger partial charge on any atom is 0.291 e. The monoisotopic (exact) mass is 397 g/mol. The SMILES string of the molecule is CCCOc1ccc(-c2nc3s/c(=C\c4ccccc4Cl)c(=O)n3n2)cc1. The first-order valence-electron chi connectivity index (χ1n) is 8.55. The number of fused-ring (bicyclic) bond motifs is 1. The number of hydrogen-bond acceptors (Lipinski definition) is 5. The Morgan fingerprint density at radius 2 is 1.96 bits per heavy atom. The predicted molar refractivity (Wildman–Crippen MR) is 109 cm³/mol. The Hall–Kier alpha value is -2.70. The number of nitrogens with zero attached hydrogens (tertiary/aromatic N) is 3. The van der Waals surface area contributed by atoms with Gasteiger partial charge in [-0.05, 0) is 48.4 Å². The molecule has 0 bridgehead atoms. The highest BCUT2D eigenvalue weighted by molar-refractivity contribution is 7.15. The van der Waals surface area contributed by atoms with E-state index < -0.39 is 0 Å². The van der Waals surface area contributed by atoms with Crippen molar-refractivity contribution < 1.29 is 4.74 Å². The Bertz CT molecular complexity index is 1200. The molecule has 136 valence electrons. The van der Waals surface area contributed by atoms with E-state index in [2.05, 4.69) is 17.0 Å². The lowest BCUT2D eigenvalue weighted by molar-refractivity contribution is 0.317. The standard InChI is InChI=1S/C20H16ClN3O2S/c1-2-11-26-15-9-7-13(8-10-15)18-22-20-24(23-18)19(25)17(27-20)12-14-5-3-4-6-16(14)21/h3-10,12H,2,11H2,1H3/b17-12-. The van der Waals surface area contributed by atoms with Crippen molar-refractivity contribution in [2.45, 2.75) is 13.3 Å². The van der Waals surface area contributed by atoms with Crippen molar-refractivity contribution in [3.05, 3.63) is 74.0 Å². The van der Waals surface area contributed by atoms with Crippen LogP contribution < -0.4 is 14.8 Å². The molecular weight excluding hydrogens is 382 g/mol. The fourth-order valence-electron chi connectivity index (χ4n) is 2.61. The topological polar surface area (TPSA) is 56.5 Å². The zero-order valence-corrected chi connectivity index (χ0v) is 16.1. The lowest BCUT2D eigenvalue weighted by atomic mass is 10.2. The quantitative estimate of drug-likeness (QED) is 0.514. The van der Waals surface area contributed by atoms with Crippen LogP contribution in [0.2, 0.25) is 5.02 Å². The summed E-state index contributed by atoms with van der Waals surface area (Å²) < 4.78 is 7.47. The predicted octanol–water partition coefficient (Wildman–Crippen LogP) is 3.81. The number of ether oxygens (including phenoxy) is 1. The van der Waals surface area contributed by atoms with E-state index in [1.165, 1.54) is 15.9 Å². The van der Waals surface area contributed by atoms with Crippen molar-refractivity contribution in [3.63, 3.8) is 0 Å². The second-order valence-corrected chi connectivity index (χ2v) is 7.36. The maximum absolute atomic E-state index is 12.6. The summed E-state index contributed by atoms with van der Waals surface area (Å²) >= 11 is 7.47. The van der Waals surface area contributed by atoms with Gasteiger partial charge in [0.2, 0.25) is 4.96 Å². The van der Waals surface area contributed by atoms with Crippen molar-refractivity contribution in [2.24, 2.45) is 0 Å². The Kier molecular flexibility index (Phi) is 4.92. The summed E-state index contributed by atoms with van der Waals surface area (Å²) in [6.45, 7) is 2.75. The lowest BCUT2D eigenvalue weighted by Gasteiger charge is -2.04. The van der Waals surface area contributed by atoms with Gasteiger partial charge in [-0.1, -0.05) is 48.1 Å². The molecule has 0 spiro atoms. The number of benzene rings is 2. The second kappa shape index (κ2) is 7.50. The minimum atomic E-state index is -0.198. The largest absolute Gasteiger partial charge is 0.494 e. The minimum absolute atomic E-state index is 0.198. The number of rotatable bonds is 5. The van der Waals surface area contributed by atoms with Gasteiger partial charge in [0.15, 0.2) is 5.82 Å². The first-order valence-corrected chi connectivity index (χ1v) is 9.74. The molecule has 0 aliphatic carbocycles. The highest BCUT2D eigenvalue weighted by Gasteiger charge is 2.12. The number of halogens is 1. The van der Waals surface area contributed by atoms with Gasteiger partial charge >= 0.3 is 0 Å². The molecule has 2 heterocycles. The third-order valence-corrected chi connectivity index (χ3v) is 5.26. The third kappa shape index (κ3) is 3.59. The van der Waals surface area contributed by atoms with Crippen LogP contribution in [-0.2, 0) is 0 Å². The van der Waals surface area contributed by atoms with Crippen LogP contribution in [0.15, 0.2) is 53.3 Å². The van der Waals surface area contributed by atoms with Gasteiger partial charge in [-0.3, -0.25) is 4.79 Å². The summed E-state index contributed by atoms with van der Waals surface area (Å²) in [5, 5.41) is 4.97. The Morgan fingerprint density at radius 3 is 2.67 bits per heavy atom. The second-order valence-electron chi connectivity index (χ2n) is 5.94. The molecule has 0 unspecified atom stereocenters. The van der Waals surface area contributed by atoms with Gasteiger partial charge in [0.05, 0.1) is 11.1 Å². The van der Waals surface area contributed by atoms with Gasteiger partial charge in [-0.2, -0.15) is 9.50 Å². The summed E-state index contributed by atoms with van der Waals surface area (Å²) in [6, 6.07) is 14.9. The maximum atomic E-state index is 12.6. The smallest absolute Gasteiger partial charge is 0.291 e.